The Kier molecular flexibility index (Phi) is 7.49. The molecule has 3 aromatic heterocycles. The Morgan fingerprint density at radius 2 is 2.00 bits per heavy atom. The van der Waals surface area contributed by atoms with Crippen LogP contribution in [0.4, 0.5) is 5.69 Å². The third-order valence-electron chi connectivity index (χ3n) is 7.67. The van der Waals surface area contributed by atoms with Crippen molar-refractivity contribution in [3.8, 4) is 10.7 Å². The fourth-order valence-corrected chi connectivity index (χ4v) is 9.29. The maximum absolute atomic E-state index is 13.4. The summed E-state index contributed by atoms with van der Waals surface area (Å²) >= 11 is 2.87. The number of para-hydroxylation sites is 1. The molecule has 0 radical (unpaired) electrons. The molecule has 0 saturated carbocycles. The molecule has 0 aliphatic carbocycles. The normalized spacial score (nSPS) is 18.7. The number of benzene rings is 1. The molecule has 4 aromatic rings. The van der Waals surface area contributed by atoms with Crippen molar-refractivity contribution in [3.05, 3.63) is 52.9 Å². The number of amides is 1. The second kappa shape index (κ2) is 11.0. The number of hydrogen-bond donors (Lipinski definition) is 1. The minimum absolute atomic E-state index is 0.100. The van der Waals surface area contributed by atoms with Gasteiger partial charge in [-0.05, 0) is 62.7 Å². The third-order valence-corrected chi connectivity index (χ3v) is 11.9. The van der Waals surface area contributed by atoms with Crippen molar-refractivity contribution >= 4 is 55.2 Å². The molecule has 11 heteroatoms. The molecule has 2 saturated heterocycles. The average Bonchev–Trinajstić information content (AvgIpc) is 3.75. The van der Waals surface area contributed by atoms with Crippen LogP contribution >= 0.6 is 22.7 Å². The van der Waals surface area contributed by atoms with E-state index in [1.54, 1.807) is 28.8 Å². The number of nitrogens with zero attached hydrogens (tertiary/aromatic N) is 4. The van der Waals surface area contributed by atoms with Crippen LogP contribution in [-0.2, 0) is 21.4 Å². The van der Waals surface area contributed by atoms with Gasteiger partial charge in [-0.3, -0.25) is 14.0 Å². The smallest absolute Gasteiger partial charge is 0.273 e. The van der Waals surface area contributed by atoms with Crippen molar-refractivity contribution in [2.75, 3.05) is 37.0 Å². The number of thiazole rings is 1. The number of sulfonamides is 1. The Morgan fingerprint density at radius 1 is 1.15 bits per heavy atom. The van der Waals surface area contributed by atoms with Crippen molar-refractivity contribution in [3.63, 3.8) is 0 Å². The van der Waals surface area contributed by atoms with Crippen LogP contribution in [0, 0.1) is 5.92 Å². The van der Waals surface area contributed by atoms with Gasteiger partial charge >= 0.3 is 0 Å². The average molecular weight is 584 g/mol. The summed E-state index contributed by atoms with van der Waals surface area (Å²) in [6, 6.07) is 11.2. The molecule has 0 bridgehead atoms. The van der Waals surface area contributed by atoms with E-state index in [0.717, 1.165) is 84.9 Å². The lowest BCUT2D eigenvalue weighted by Crippen LogP contribution is -2.43. The van der Waals surface area contributed by atoms with Crippen molar-refractivity contribution in [2.45, 2.75) is 43.4 Å². The largest absolute Gasteiger partial charge is 0.351 e. The number of rotatable bonds is 8. The Morgan fingerprint density at radius 3 is 2.77 bits per heavy atom. The Balaban J connectivity index is 1.20. The first-order chi connectivity index (χ1) is 18.9. The van der Waals surface area contributed by atoms with Crippen LogP contribution < -0.4 is 4.31 Å². The van der Waals surface area contributed by atoms with Gasteiger partial charge in [0.25, 0.3) is 10.0 Å². The van der Waals surface area contributed by atoms with Gasteiger partial charge in [0.05, 0.1) is 22.8 Å². The molecule has 206 valence electrons. The van der Waals surface area contributed by atoms with E-state index in [1.807, 2.05) is 37.4 Å². The van der Waals surface area contributed by atoms with Gasteiger partial charge in [-0.1, -0.05) is 18.2 Å². The van der Waals surface area contributed by atoms with Crippen LogP contribution in [-0.4, -0.2) is 66.8 Å². The highest BCUT2D eigenvalue weighted by Gasteiger charge is 2.31. The summed E-state index contributed by atoms with van der Waals surface area (Å²) in [7, 11) is -3.65. The fourth-order valence-electron chi connectivity index (χ4n) is 5.77. The van der Waals surface area contributed by atoms with Crippen molar-refractivity contribution in [1.29, 1.82) is 0 Å². The predicted octanol–water partition coefficient (Wildman–Crippen LogP) is 5.40. The first-order valence-electron chi connectivity index (χ1n) is 13.6. The zero-order chi connectivity index (χ0) is 27.0. The van der Waals surface area contributed by atoms with Gasteiger partial charge in [0, 0.05) is 49.2 Å². The summed E-state index contributed by atoms with van der Waals surface area (Å²) in [6.07, 6.45) is 6.21. The van der Waals surface area contributed by atoms with Gasteiger partial charge in [-0.2, -0.15) is 0 Å². The summed E-state index contributed by atoms with van der Waals surface area (Å²) in [5.41, 5.74) is 2.29. The topological polar surface area (TPSA) is 89.6 Å². The maximum atomic E-state index is 13.4. The van der Waals surface area contributed by atoms with Crippen LogP contribution in [0.25, 0.3) is 21.6 Å². The first-order valence-corrected chi connectivity index (χ1v) is 16.7. The SMILES string of the molecule is CCN(c1cccc2cc(-c3ncc(CN4CCCC(C(=O)N5CCCC5)C4)s3)[nH]c12)S(=O)(=O)c1cccs1. The first kappa shape index (κ1) is 26.5. The second-order valence-corrected chi connectivity index (χ2v) is 14.4. The summed E-state index contributed by atoms with van der Waals surface area (Å²) in [4.78, 5) is 26.7. The highest BCUT2D eigenvalue weighted by molar-refractivity contribution is 7.94. The molecule has 8 nitrogen and oxygen atoms in total. The highest BCUT2D eigenvalue weighted by Crippen LogP contribution is 2.35. The minimum atomic E-state index is -3.65. The molecule has 2 aliphatic rings. The summed E-state index contributed by atoms with van der Waals surface area (Å²) in [5, 5.41) is 3.60. The fraction of sp³-hybridized carbons (Fsp3) is 0.429. The number of thiophene rings is 1. The molecule has 1 atom stereocenters. The van der Waals surface area contributed by atoms with E-state index in [2.05, 4.69) is 14.8 Å². The van der Waals surface area contributed by atoms with Gasteiger partial charge in [0.1, 0.15) is 9.22 Å². The van der Waals surface area contributed by atoms with E-state index in [4.69, 9.17) is 4.98 Å². The van der Waals surface area contributed by atoms with Crippen molar-refractivity contribution in [2.24, 2.45) is 5.92 Å². The number of aromatic nitrogens is 2. The van der Waals surface area contributed by atoms with E-state index < -0.39 is 10.0 Å². The van der Waals surface area contributed by atoms with Crippen LogP contribution in [0.2, 0.25) is 0 Å². The highest BCUT2D eigenvalue weighted by atomic mass is 32.2. The molecule has 5 heterocycles. The van der Waals surface area contributed by atoms with Gasteiger partial charge in [-0.25, -0.2) is 13.4 Å². The molecule has 39 heavy (non-hydrogen) atoms. The molecule has 0 spiro atoms. The maximum Gasteiger partial charge on any atom is 0.273 e. The van der Waals surface area contributed by atoms with Gasteiger partial charge in [0.2, 0.25) is 5.91 Å². The van der Waals surface area contributed by atoms with Gasteiger partial charge in [0.15, 0.2) is 0 Å². The van der Waals surface area contributed by atoms with Crippen molar-refractivity contribution in [1.82, 2.24) is 19.8 Å². The zero-order valence-electron chi connectivity index (χ0n) is 22.0. The van der Waals surface area contributed by atoms with Crippen LogP contribution in [0.3, 0.4) is 0 Å². The molecule has 2 fully saturated rings. The van der Waals surface area contributed by atoms with Crippen LogP contribution in [0.5, 0.6) is 0 Å². The molecule has 6 rings (SSSR count). The Bertz CT molecular complexity index is 1550. The summed E-state index contributed by atoms with van der Waals surface area (Å²) < 4.78 is 28.5. The molecule has 1 unspecified atom stereocenters. The number of H-pyrrole nitrogens is 1. The quantitative estimate of drug-likeness (QED) is 0.300. The number of nitrogens with one attached hydrogen (secondary N) is 1. The standard InChI is InChI=1S/C28H33N5O3S3/c1-2-33(39(35,36)25-11-7-15-37-25)24-10-5-8-20-16-23(30-26(20)24)27-29-17-22(38-27)19-31-12-6-9-21(18-31)28(34)32-13-3-4-14-32/h5,7-8,10-11,15-17,21,30H,2-4,6,9,12-14,18-19H2,1H3. The number of carbonyl (C=O) groups excluding carboxylic acids is 1. The molecule has 1 aromatic carbocycles. The molecule has 1 amide bonds. The number of likely N-dealkylation sites (tertiary alicyclic amines) is 2. The van der Waals surface area contributed by atoms with E-state index in [1.165, 1.54) is 15.6 Å². The Labute approximate surface area is 237 Å². The monoisotopic (exact) mass is 583 g/mol. The van der Waals surface area contributed by atoms with E-state index >= 15 is 0 Å². The molecule has 2 aliphatic heterocycles. The Hall–Kier alpha value is -2.73. The number of fused-ring (bicyclic) bond motifs is 1. The van der Waals surface area contributed by atoms with Crippen molar-refractivity contribution < 1.29 is 13.2 Å². The van der Waals surface area contributed by atoms with E-state index in [9.17, 15) is 13.2 Å². The number of anilines is 1. The predicted molar refractivity (Wildman–Crippen MR) is 158 cm³/mol. The molecular formula is C28H33N5O3S3. The molecule has 1 N–H and O–H groups in total. The summed E-state index contributed by atoms with van der Waals surface area (Å²) in [6.45, 7) is 6.60. The number of aromatic amines is 1. The number of carbonyl (C=O) groups is 1. The van der Waals surface area contributed by atoms with Gasteiger partial charge < -0.3 is 9.88 Å². The lowest BCUT2D eigenvalue weighted by atomic mass is 9.96. The summed E-state index contributed by atoms with van der Waals surface area (Å²) in [5.74, 6) is 0.432. The second-order valence-electron chi connectivity index (χ2n) is 10.3. The molecular weight excluding hydrogens is 551 g/mol. The van der Waals surface area contributed by atoms with Gasteiger partial charge in [-0.15, -0.1) is 22.7 Å². The number of piperidine rings is 1. The number of hydrogen-bond acceptors (Lipinski definition) is 7. The van der Waals surface area contributed by atoms with Crippen LogP contribution in [0.1, 0.15) is 37.5 Å². The third kappa shape index (κ3) is 5.25. The minimum Gasteiger partial charge on any atom is -0.351 e. The zero-order valence-corrected chi connectivity index (χ0v) is 24.5. The van der Waals surface area contributed by atoms with E-state index in [0.29, 0.717) is 22.3 Å². The lowest BCUT2D eigenvalue weighted by Gasteiger charge is -2.33. The lowest BCUT2D eigenvalue weighted by molar-refractivity contribution is -0.136. The van der Waals surface area contributed by atoms with Crippen LogP contribution in [0.15, 0.2) is 52.2 Å². The van der Waals surface area contributed by atoms with E-state index in [-0.39, 0.29) is 5.92 Å².